The zero-order valence-corrected chi connectivity index (χ0v) is 14.7. The molecular formula is C20H15N3O4. The highest BCUT2D eigenvalue weighted by Crippen LogP contribution is 2.22. The van der Waals surface area contributed by atoms with Crippen LogP contribution in [0.25, 0.3) is 11.0 Å². The Morgan fingerprint density at radius 3 is 2.15 bits per heavy atom. The molecule has 2 heterocycles. The Kier molecular flexibility index (Phi) is 3.92. The zero-order valence-electron chi connectivity index (χ0n) is 14.7. The van der Waals surface area contributed by atoms with Crippen molar-refractivity contribution < 1.29 is 19.1 Å². The lowest BCUT2D eigenvalue weighted by Gasteiger charge is -2.14. The summed E-state index contributed by atoms with van der Waals surface area (Å²) >= 11 is 0. The van der Waals surface area contributed by atoms with Gasteiger partial charge in [-0.2, -0.15) is 0 Å². The minimum atomic E-state index is -0.645. The molecule has 7 heteroatoms. The first-order valence-corrected chi connectivity index (χ1v) is 8.33. The van der Waals surface area contributed by atoms with Gasteiger partial charge in [-0.3, -0.25) is 9.59 Å². The van der Waals surface area contributed by atoms with Crippen molar-refractivity contribution in [3.8, 4) is 0 Å². The fraction of sp³-hybridized carbons (Fsp3) is 0.150. The average molecular weight is 361 g/mol. The molecule has 0 unspecified atom stereocenters. The van der Waals surface area contributed by atoms with Crippen molar-refractivity contribution in [2.75, 3.05) is 6.73 Å². The number of nitrogens with zero attached hydrogens (tertiary/aromatic N) is 3. The Balaban J connectivity index is 1.52. The molecule has 0 atom stereocenters. The monoisotopic (exact) mass is 361 g/mol. The first-order valence-electron chi connectivity index (χ1n) is 8.33. The Morgan fingerprint density at radius 2 is 1.52 bits per heavy atom. The maximum atomic E-state index is 12.4. The molecule has 0 saturated heterocycles. The van der Waals surface area contributed by atoms with Crippen LogP contribution < -0.4 is 0 Å². The van der Waals surface area contributed by atoms with Crippen LogP contribution in [0.3, 0.4) is 0 Å². The molecule has 2 aromatic carbocycles. The van der Waals surface area contributed by atoms with Crippen LogP contribution in [0.15, 0.2) is 42.5 Å². The number of ether oxygens (including phenoxy) is 1. The van der Waals surface area contributed by atoms with E-state index in [1.54, 1.807) is 42.5 Å². The molecule has 0 N–H and O–H groups in total. The summed E-state index contributed by atoms with van der Waals surface area (Å²) in [7, 11) is 0. The molecule has 1 aliphatic rings. The molecule has 0 spiro atoms. The van der Waals surface area contributed by atoms with Gasteiger partial charge in [-0.05, 0) is 44.2 Å². The first-order chi connectivity index (χ1) is 13.0. The van der Waals surface area contributed by atoms with Gasteiger partial charge in [0, 0.05) is 0 Å². The van der Waals surface area contributed by atoms with Crippen LogP contribution in [0.5, 0.6) is 0 Å². The highest BCUT2D eigenvalue weighted by molar-refractivity contribution is 6.21. The number of hydrogen-bond donors (Lipinski definition) is 0. The third-order valence-corrected chi connectivity index (χ3v) is 4.51. The number of imide groups is 1. The van der Waals surface area contributed by atoms with Gasteiger partial charge in [-0.15, -0.1) is 0 Å². The number of hydrogen-bond acceptors (Lipinski definition) is 6. The summed E-state index contributed by atoms with van der Waals surface area (Å²) in [5.41, 5.74) is 3.75. The van der Waals surface area contributed by atoms with E-state index in [-0.39, 0.29) is 5.56 Å². The molecule has 3 aromatic rings. The van der Waals surface area contributed by atoms with E-state index in [1.165, 1.54) is 0 Å². The fourth-order valence-corrected chi connectivity index (χ4v) is 2.92. The number of aromatic nitrogens is 2. The van der Waals surface area contributed by atoms with Gasteiger partial charge in [0.2, 0.25) is 0 Å². The van der Waals surface area contributed by atoms with Gasteiger partial charge < -0.3 is 4.74 Å². The molecule has 0 fully saturated rings. The second-order valence-corrected chi connectivity index (χ2v) is 6.24. The van der Waals surface area contributed by atoms with Crippen molar-refractivity contribution in [1.29, 1.82) is 0 Å². The van der Waals surface area contributed by atoms with Crippen LogP contribution in [-0.2, 0) is 4.74 Å². The van der Waals surface area contributed by atoms with Crippen LogP contribution in [0.1, 0.15) is 42.5 Å². The van der Waals surface area contributed by atoms with Gasteiger partial charge in [-0.1, -0.05) is 12.1 Å². The predicted molar refractivity (Wildman–Crippen MR) is 96.2 cm³/mol. The van der Waals surface area contributed by atoms with Crippen LogP contribution in [0, 0.1) is 13.8 Å². The third-order valence-electron chi connectivity index (χ3n) is 4.51. The molecule has 0 saturated carbocycles. The Morgan fingerprint density at radius 1 is 0.926 bits per heavy atom. The van der Waals surface area contributed by atoms with Gasteiger partial charge in [0.05, 0.1) is 39.1 Å². The molecule has 2 amide bonds. The van der Waals surface area contributed by atoms with Gasteiger partial charge in [0.15, 0.2) is 6.73 Å². The standard InChI is InChI=1S/C20H15N3O4/c1-11-12(2)22-17-9-13(7-8-16(17)21-11)20(26)27-10-23-18(24)14-5-3-4-6-15(14)19(23)25/h3-9H,10H2,1-2H3. The summed E-state index contributed by atoms with van der Waals surface area (Å²) in [5, 5.41) is 0. The predicted octanol–water partition coefficient (Wildman–Crippen LogP) is 2.66. The maximum absolute atomic E-state index is 12.4. The van der Waals surface area contributed by atoms with E-state index in [0.29, 0.717) is 22.2 Å². The largest absolute Gasteiger partial charge is 0.440 e. The summed E-state index contributed by atoms with van der Waals surface area (Å²) < 4.78 is 5.18. The molecule has 7 nitrogen and oxygen atoms in total. The van der Waals surface area contributed by atoms with Crippen LogP contribution in [0.2, 0.25) is 0 Å². The van der Waals surface area contributed by atoms with E-state index >= 15 is 0 Å². The summed E-state index contributed by atoms with van der Waals surface area (Å²) in [4.78, 5) is 46.7. The number of esters is 1. The third kappa shape index (κ3) is 2.83. The second kappa shape index (κ2) is 6.28. The molecule has 1 aliphatic heterocycles. The van der Waals surface area contributed by atoms with Crippen molar-refractivity contribution in [3.63, 3.8) is 0 Å². The average Bonchev–Trinajstić information content (AvgIpc) is 2.91. The van der Waals surface area contributed by atoms with Crippen molar-refractivity contribution in [2.24, 2.45) is 0 Å². The molecular weight excluding hydrogens is 346 g/mol. The van der Waals surface area contributed by atoms with Crippen LogP contribution in [-0.4, -0.2) is 39.4 Å². The van der Waals surface area contributed by atoms with E-state index < -0.39 is 24.5 Å². The Hall–Kier alpha value is -3.61. The molecule has 4 rings (SSSR count). The van der Waals surface area contributed by atoms with Gasteiger partial charge in [-0.25, -0.2) is 19.7 Å². The van der Waals surface area contributed by atoms with E-state index in [4.69, 9.17) is 4.74 Å². The maximum Gasteiger partial charge on any atom is 0.339 e. The Labute approximate surface area is 154 Å². The molecule has 0 aliphatic carbocycles. The van der Waals surface area contributed by atoms with Crippen molar-refractivity contribution >= 4 is 28.8 Å². The van der Waals surface area contributed by atoms with Crippen molar-refractivity contribution in [2.45, 2.75) is 13.8 Å². The first kappa shape index (κ1) is 16.8. The Bertz CT molecular complexity index is 1090. The van der Waals surface area contributed by atoms with Crippen LogP contribution >= 0.6 is 0 Å². The smallest absolute Gasteiger partial charge is 0.339 e. The second-order valence-electron chi connectivity index (χ2n) is 6.24. The zero-order chi connectivity index (χ0) is 19.1. The van der Waals surface area contributed by atoms with E-state index in [1.807, 2.05) is 13.8 Å². The molecule has 27 heavy (non-hydrogen) atoms. The molecule has 1 aromatic heterocycles. The number of benzene rings is 2. The summed E-state index contributed by atoms with van der Waals surface area (Å²) in [6.07, 6.45) is 0. The van der Waals surface area contributed by atoms with E-state index in [2.05, 4.69) is 9.97 Å². The minimum absolute atomic E-state index is 0.275. The number of carbonyl (C=O) groups is 3. The van der Waals surface area contributed by atoms with E-state index in [0.717, 1.165) is 16.3 Å². The van der Waals surface area contributed by atoms with E-state index in [9.17, 15) is 14.4 Å². The molecule has 0 radical (unpaired) electrons. The quantitative estimate of drug-likeness (QED) is 0.526. The summed E-state index contributed by atoms with van der Waals surface area (Å²) in [5.74, 6) is -1.59. The van der Waals surface area contributed by atoms with Gasteiger partial charge in [0.1, 0.15) is 0 Å². The molecule has 134 valence electrons. The topological polar surface area (TPSA) is 89.5 Å². The SMILES string of the molecule is Cc1nc2ccc(C(=O)OCN3C(=O)c4ccccc4C3=O)cc2nc1C. The number of amides is 2. The van der Waals surface area contributed by atoms with Gasteiger partial charge >= 0.3 is 5.97 Å². The van der Waals surface area contributed by atoms with Crippen molar-refractivity contribution in [3.05, 3.63) is 70.5 Å². The summed E-state index contributed by atoms with van der Waals surface area (Å²) in [6.45, 7) is 3.27. The normalized spacial score (nSPS) is 13.2. The number of fused-ring (bicyclic) bond motifs is 2. The number of rotatable bonds is 3. The van der Waals surface area contributed by atoms with Crippen molar-refractivity contribution in [1.82, 2.24) is 14.9 Å². The molecule has 0 bridgehead atoms. The summed E-state index contributed by atoms with van der Waals surface area (Å²) in [6, 6.07) is 11.4. The lowest BCUT2D eigenvalue weighted by Crippen LogP contribution is -2.33. The lowest BCUT2D eigenvalue weighted by atomic mass is 10.1. The van der Waals surface area contributed by atoms with Gasteiger partial charge in [0.25, 0.3) is 11.8 Å². The number of carbonyl (C=O) groups excluding carboxylic acids is 3. The highest BCUT2D eigenvalue weighted by Gasteiger charge is 2.35. The number of aryl methyl sites for hydroxylation is 2. The highest BCUT2D eigenvalue weighted by atomic mass is 16.5. The van der Waals surface area contributed by atoms with Crippen LogP contribution in [0.4, 0.5) is 0 Å². The minimum Gasteiger partial charge on any atom is -0.440 e. The fourth-order valence-electron chi connectivity index (χ4n) is 2.92. The lowest BCUT2D eigenvalue weighted by molar-refractivity contribution is 0.0228.